The van der Waals surface area contributed by atoms with Gasteiger partial charge in [0.25, 0.3) is 0 Å². The fourth-order valence-corrected chi connectivity index (χ4v) is 2.60. The molecule has 2 aromatic rings. The Morgan fingerprint density at radius 2 is 1.83 bits per heavy atom. The summed E-state index contributed by atoms with van der Waals surface area (Å²) in [4.78, 5) is 14.1. The lowest BCUT2D eigenvalue weighted by molar-refractivity contribution is -0.0352. The van der Waals surface area contributed by atoms with Crippen LogP contribution in [0.3, 0.4) is 0 Å². The summed E-state index contributed by atoms with van der Waals surface area (Å²) in [6, 6.07) is 19.5. The number of nitrogens with one attached hydrogen (secondary N) is 1. The van der Waals surface area contributed by atoms with Crippen LogP contribution in [0.25, 0.3) is 0 Å². The highest BCUT2D eigenvalue weighted by molar-refractivity contribution is 5.74. The van der Waals surface area contributed by atoms with Crippen molar-refractivity contribution in [2.45, 2.75) is 12.6 Å². The highest BCUT2D eigenvalue weighted by Gasteiger charge is 2.24. The van der Waals surface area contributed by atoms with Gasteiger partial charge in [-0.1, -0.05) is 48.5 Å². The molecule has 1 N–H and O–H groups in total. The largest absolute Gasteiger partial charge is 0.491 e. The third-order valence-corrected chi connectivity index (χ3v) is 3.89. The number of urea groups is 1. The molecule has 0 aromatic heterocycles. The predicted molar refractivity (Wildman–Crippen MR) is 91.9 cm³/mol. The van der Waals surface area contributed by atoms with Crippen molar-refractivity contribution in [1.82, 2.24) is 10.2 Å². The van der Waals surface area contributed by atoms with E-state index in [-0.39, 0.29) is 12.1 Å². The number of morpholine rings is 1. The summed E-state index contributed by atoms with van der Waals surface area (Å²) in [6.07, 6.45) is -0.110. The minimum Gasteiger partial charge on any atom is -0.491 e. The number of nitrogens with zero attached hydrogens (tertiary/aromatic N) is 1. The van der Waals surface area contributed by atoms with Crippen LogP contribution < -0.4 is 10.1 Å². The lowest BCUT2D eigenvalue weighted by Gasteiger charge is -2.32. The van der Waals surface area contributed by atoms with Crippen molar-refractivity contribution in [3.05, 3.63) is 66.2 Å². The third kappa shape index (κ3) is 4.73. The van der Waals surface area contributed by atoms with Crippen LogP contribution >= 0.6 is 0 Å². The van der Waals surface area contributed by atoms with Gasteiger partial charge in [0.2, 0.25) is 0 Å². The zero-order chi connectivity index (χ0) is 16.6. The Labute approximate surface area is 142 Å². The van der Waals surface area contributed by atoms with E-state index >= 15 is 0 Å². The lowest BCUT2D eigenvalue weighted by Crippen LogP contribution is -2.50. The van der Waals surface area contributed by atoms with E-state index in [1.807, 2.05) is 60.7 Å². The van der Waals surface area contributed by atoms with Crippen molar-refractivity contribution >= 4 is 6.03 Å². The zero-order valence-electron chi connectivity index (χ0n) is 13.6. The van der Waals surface area contributed by atoms with Crippen LogP contribution in [0.15, 0.2) is 60.7 Å². The fraction of sp³-hybridized carbons (Fsp3) is 0.316. The maximum atomic E-state index is 12.3. The minimum absolute atomic E-state index is 0.0631. The maximum absolute atomic E-state index is 12.3. The van der Waals surface area contributed by atoms with Crippen LogP contribution in [0.4, 0.5) is 4.79 Å². The molecule has 2 amide bonds. The summed E-state index contributed by atoms with van der Waals surface area (Å²) in [5.74, 6) is 0.812. The second kappa shape index (κ2) is 8.36. The number of hydrogen-bond donors (Lipinski definition) is 1. The summed E-state index contributed by atoms with van der Waals surface area (Å²) in [5, 5.41) is 2.95. The number of carbonyl (C=O) groups excluding carboxylic acids is 1. The molecule has 0 radical (unpaired) electrons. The maximum Gasteiger partial charge on any atom is 0.317 e. The molecule has 24 heavy (non-hydrogen) atoms. The van der Waals surface area contributed by atoms with Crippen molar-refractivity contribution in [3.8, 4) is 5.75 Å². The van der Waals surface area contributed by atoms with E-state index < -0.39 is 0 Å². The smallest absolute Gasteiger partial charge is 0.317 e. The minimum atomic E-state index is -0.110. The molecule has 0 saturated carbocycles. The SMILES string of the molecule is O=C(NCc1ccccc1)N1CCOC(COc2ccccc2)C1. The van der Waals surface area contributed by atoms with Gasteiger partial charge in [0.15, 0.2) is 0 Å². The molecule has 1 aliphatic rings. The zero-order valence-corrected chi connectivity index (χ0v) is 13.6. The topological polar surface area (TPSA) is 50.8 Å². The second-order valence-electron chi connectivity index (χ2n) is 5.71. The van der Waals surface area contributed by atoms with E-state index in [0.717, 1.165) is 11.3 Å². The summed E-state index contributed by atoms with van der Waals surface area (Å²) in [7, 11) is 0. The number of carbonyl (C=O) groups is 1. The summed E-state index contributed by atoms with van der Waals surface area (Å²) in [6.45, 7) is 2.63. The normalized spacial score (nSPS) is 17.3. The van der Waals surface area contributed by atoms with Crippen LogP contribution in [-0.2, 0) is 11.3 Å². The van der Waals surface area contributed by atoms with E-state index in [1.54, 1.807) is 4.90 Å². The van der Waals surface area contributed by atoms with Gasteiger partial charge in [0, 0.05) is 13.1 Å². The van der Waals surface area contributed by atoms with E-state index in [9.17, 15) is 4.79 Å². The first-order chi connectivity index (χ1) is 11.8. The Morgan fingerprint density at radius 3 is 2.58 bits per heavy atom. The highest BCUT2D eigenvalue weighted by Crippen LogP contribution is 2.12. The fourth-order valence-electron chi connectivity index (χ4n) is 2.60. The molecular formula is C19H22N2O3. The quantitative estimate of drug-likeness (QED) is 0.919. The molecule has 0 spiro atoms. The molecule has 5 heteroatoms. The molecule has 1 heterocycles. The standard InChI is InChI=1S/C19H22N2O3/c22-19(20-13-16-7-3-1-4-8-16)21-11-12-23-18(14-21)15-24-17-9-5-2-6-10-17/h1-10,18H,11-15H2,(H,20,22). The van der Waals surface area contributed by atoms with Gasteiger partial charge in [0.1, 0.15) is 18.5 Å². The monoisotopic (exact) mass is 326 g/mol. The van der Waals surface area contributed by atoms with Gasteiger partial charge in [-0.3, -0.25) is 0 Å². The van der Waals surface area contributed by atoms with Crippen LogP contribution in [0.2, 0.25) is 0 Å². The summed E-state index contributed by atoms with van der Waals surface area (Å²) < 4.78 is 11.4. The van der Waals surface area contributed by atoms with Crippen molar-refractivity contribution in [1.29, 1.82) is 0 Å². The van der Waals surface area contributed by atoms with Crippen molar-refractivity contribution in [2.24, 2.45) is 0 Å². The number of rotatable bonds is 5. The Morgan fingerprint density at radius 1 is 1.12 bits per heavy atom. The molecule has 0 aliphatic carbocycles. The van der Waals surface area contributed by atoms with Crippen LogP contribution in [0, 0.1) is 0 Å². The Kier molecular flexibility index (Phi) is 5.69. The molecule has 2 aromatic carbocycles. The van der Waals surface area contributed by atoms with E-state index in [1.165, 1.54) is 0 Å². The summed E-state index contributed by atoms with van der Waals surface area (Å²) >= 11 is 0. The van der Waals surface area contributed by atoms with Gasteiger partial charge in [-0.05, 0) is 17.7 Å². The Bertz CT molecular complexity index is 634. The van der Waals surface area contributed by atoms with E-state index in [4.69, 9.17) is 9.47 Å². The van der Waals surface area contributed by atoms with Crippen molar-refractivity contribution < 1.29 is 14.3 Å². The molecule has 1 atom stereocenters. The van der Waals surface area contributed by atoms with Crippen LogP contribution in [0.5, 0.6) is 5.75 Å². The molecule has 1 unspecified atom stereocenters. The second-order valence-corrected chi connectivity index (χ2v) is 5.71. The molecule has 1 fully saturated rings. The molecule has 3 rings (SSSR count). The average Bonchev–Trinajstić information content (AvgIpc) is 2.66. The van der Waals surface area contributed by atoms with Gasteiger partial charge in [-0.15, -0.1) is 0 Å². The Hall–Kier alpha value is -2.53. The van der Waals surface area contributed by atoms with Gasteiger partial charge < -0.3 is 19.7 Å². The highest BCUT2D eigenvalue weighted by atomic mass is 16.5. The van der Waals surface area contributed by atoms with E-state index in [2.05, 4.69) is 5.32 Å². The van der Waals surface area contributed by atoms with Crippen molar-refractivity contribution in [2.75, 3.05) is 26.3 Å². The molecular weight excluding hydrogens is 304 g/mol. The average molecular weight is 326 g/mol. The van der Waals surface area contributed by atoms with Gasteiger partial charge in [0.05, 0.1) is 13.2 Å². The number of hydrogen-bond acceptors (Lipinski definition) is 3. The van der Waals surface area contributed by atoms with E-state index in [0.29, 0.717) is 32.8 Å². The summed E-state index contributed by atoms with van der Waals surface area (Å²) in [5.41, 5.74) is 1.09. The van der Waals surface area contributed by atoms with Crippen LogP contribution in [-0.4, -0.2) is 43.3 Å². The first-order valence-electron chi connectivity index (χ1n) is 8.17. The Balaban J connectivity index is 1.45. The molecule has 1 saturated heterocycles. The third-order valence-electron chi connectivity index (χ3n) is 3.89. The van der Waals surface area contributed by atoms with Gasteiger partial charge in [-0.25, -0.2) is 4.79 Å². The molecule has 1 aliphatic heterocycles. The first-order valence-corrected chi connectivity index (χ1v) is 8.17. The molecule has 5 nitrogen and oxygen atoms in total. The van der Waals surface area contributed by atoms with Crippen LogP contribution in [0.1, 0.15) is 5.56 Å². The van der Waals surface area contributed by atoms with Gasteiger partial charge in [-0.2, -0.15) is 0 Å². The molecule has 126 valence electrons. The number of amides is 2. The number of ether oxygens (including phenoxy) is 2. The lowest BCUT2D eigenvalue weighted by atomic mass is 10.2. The van der Waals surface area contributed by atoms with Gasteiger partial charge >= 0.3 is 6.03 Å². The van der Waals surface area contributed by atoms with Crippen molar-refractivity contribution in [3.63, 3.8) is 0 Å². The number of para-hydroxylation sites is 1. The number of benzene rings is 2. The molecule has 0 bridgehead atoms. The predicted octanol–water partition coefficient (Wildman–Crippen LogP) is 2.68. The first kappa shape index (κ1) is 16.3.